The van der Waals surface area contributed by atoms with Gasteiger partial charge in [-0.05, 0) is 31.5 Å². The number of alkyl halides is 3. The van der Waals surface area contributed by atoms with Crippen LogP contribution in [0.2, 0.25) is 0 Å². The van der Waals surface area contributed by atoms with Gasteiger partial charge in [0.05, 0.1) is 6.04 Å². The Labute approximate surface area is 117 Å². The number of para-hydroxylation sites is 1. The number of ether oxygens (including phenoxy) is 1. The fourth-order valence-corrected chi connectivity index (χ4v) is 2.22. The number of rotatable bonds is 2. The predicted molar refractivity (Wildman–Crippen MR) is 65.7 cm³/mol. The number of esters is 1. The highest BCUT2D eigenvalue weighted by molar-refractivity contribution is 5.85. The van der Waals surface area contributed by atoms with Crippen LogP contribution in [0.4, 0.5) is 13.2 Å². The van der Waals surface area contributed by atoms with E-state index in [-0.39, 0.29) is 22.9 Å². The molecule has 2 aromatic rings. The van der Waals surface area contributed by atoms with Crippen molar-refractivity contribution in [3.8, 4) is 5.75 Å². The average Bonchev–Trinajstić information content (AvgIpc) is 3.06. The first-order valence-corrected chi connectivity index (χ1v) is 6.37. The number of fused-ring (bicyclic) bond motifs is 1. The molecule has 0 unspecified atom stereocenters. The van der Waals surface area contributed by atoms with Gasteiger partial charge in [-0.2, -0.15) is 13.2 Å². The van der Waals surface area contributed by atoms with Crippen LogP contribution in [0.3, 0.4) is 0 Å². The molecule has 5 nitrogen and oxygen atoms in total. The van der Waals surface area contributed by atoms with Crippen LogP contribution in [0, 0.1) is 0 Å². The fraction of sp³-hybridized carbons (Fsp3) is 0.385. The van der Waals surface area contributed by atoms with Crippen LogP contribution in [0.15, 0.2) is 22.6 Å². The van der Waals surface area contributed by atoms with E-state index in [4.69, 9.17) is 4.42 Å². The van der Waals surface area contributed by atoms with Gasteiger partial charge in [-0.15, -0.1) is 0 Å². The molecule has 1 atom stereocenters. The number of nitrogens with one attached hydrogen (secondary N) is 1. The van der Waals surface area contributed by atoms with Crippen LogP contribution in [0.25, 0.3) is 11.1 Å². The summed E-state index contributed by atoms with van der Waals surface area (Å²) in [5.41, 5.74) is 0.393. The monoisotopic (exact) mass is 300 g/mol. The zero-order chi connectivity index (χ0) is 15.0. The number of benzene rings is 1. The second-order valence-electron chi connectivity index (χ2n) is 4.69. The minimum absolute atomic E-state index is 0.0661. The molecule has 1 aliphatic heterocycles. The molecule has 1 fully saturated rings. The van der Waals surface area contributed by atoms with E-state index >= 15 is 0 Å². The molecule has 8 heteroatoms. The van der Waals surface area contributed by atoms with Crippen LogP contribution in [-0.2, 0) is 4.79 Å². The molecule has 1 aliphatic rings. The van der Waals surface area contributed by atoms with Gasteiger partial charge in [-0.3, -0.25) is 0 Å². The topological polar surface area (TPSA) is 64.4 Å². The van der Waals surface area contributed by atoms with Gasteiger partial charge < -0.3 is 14.5 Å². The van der Waals surface area contributed by atoms with Crippen molar-refractivity contribution in [2.75, 3.05) is 6.54 Å². The van der Waals surface area contributed by atoms with Crippen LogP contribution in [-0.4, -0.2) is 23.7 Å². The molecule has 21 heavy (non-hydrogen) atoms. The summed E-state index contributed by atoms with van der Waals surface area (Å²) in [6.45, 7) is 0.833. The first kappa shape index (κ1) is 13.9. The van der Waals surface area contributed by atoms with Gasteiger partial charge >= 0.3 is 12.1 Å². The quantitative estimate of drug-likeness (QED) is 0.682. The predicted octanol–water partition coefficient (Wildman–Crippen LogP) is 2.72. The Morgan fingerprint density at radius 1 is 1.43 bits per heavy atom. The molecule has 112 valence electrons. The molecule has 0 radical (unpaired) electrons. The van der Waals surface area contributed by atoms with E-state index in [0.29, 0.717) is 5.89 Å². The number of carbonyl (C=O) groups is 1. The van der Waals surface area contributed by atoms with E-state index in [1.54, 1.807) is 6.07 Å². The maximum absolute atomic E-state index is 12.3. The normalized spacial score (nSPS) is 19.1. The summed E-state index contributed by atoms with van der Waals surface area (Å²) in [6.07, 6.45) is -3.24. The summed E-state index contributed by atoms with van der Waals surface area (Å²) in [6, 6.07) is 4.19. The molecule has 3 rings (SSSR count). The first-order valence-electron chi connectivity index (χ1n) is 6.37. The minimum Gasteiger partial charge on any atom is -0.439 e. The minimum atomic E-state index is -5.05. The van der Waals surface area contributed by atoms with E-state index in [1.165, 1.54) is 12.1 Å². The van der Waals surface area contributed by atoms with Crippen molar-refractivity contribution in [1.82, 2.24) is 10.3 Å². The molecule has 1 saturated heterocycles. The first-order chi connectivity index (χ1) is 9.95. The van der Waals surface area contributed by atoms with E-state index in [9.17, 15) is 18.0 Å². The maximum atomic E-state index is 12.3. The van der Waals surface area contributed by atoms with Crippen LogP contribution in [0.1, 0.15) is 24.8 Å². The van der Waals surface area contributed by atoms with Gasteiger partial charge in [-0.25, -0.2) is 9.78 Å². The standard InChI is InChI=1S/C13H11F3N2O3/c14-13(15,16)12(19)21-9-5-1-4-8-10(9)18-11(20-8)7-3-2-6-17-7/h1,4-5,7,17H,2-3,6H2/t7-/m1/s1. The van der Waals surface area contributed by atoms with E-state index < -0.39 is 12.1 Å². The largest absolute Gasteiger partial charge is 0.491 e. The third-order valence-electron chi connectivity index (χ3n) is 3.19. The lowest BCUT2D eigenvalue weighted by atomic mass is 10.2. The van der Waals surface area contributed by atoms with E-state index in [2.05, 4.69) is 15.0 Å². The highest BCUT2D eigenvalue weighted by Crippen LogP contribution is 2.31. The Morgan fingerprint density at radius 2 is 2.24 bits per heavy atom. The average molecular weight is 300 g/mol. The van der Waals surface area contributed by atoms with Crippen molar-refractivity contribution in [2.45, 2.75) is 25.1 Å². The van der Waals surface area contributed by atoms with Crippen LogP contribution < -0.4 is 10.1 Å². The molecule has 1 aromatic carbocycles. The second-order valence-corrected chi connectivity index (χ2v) is 4.69. The number of oxazole rings is 1. The number of halogens is 3. The van der Waals surface area contributed by atoms with E-state index in [0.717, 1.165) is 19.4 Å². The van der Waals surface area contributed by atoms with Crippen molar-refractivity contribution >= 4 is 17.1 Å². The van der Waals surface area contributed by atoms with Gasteiger partial charge in [0.1, 0.15) is 0 Å². The van der Waals surface area contributed by atoms with Crippen molar-refractivity contribution in [3.63, 3.8) is 0 Å². The van der Waals surface area contributed by atoms with Gasteiger partial charge in [0, 0.05) is 0 Å². The summed E-state index contributed by atoms with van der Waals surface area (Å²) in [7, 11) is 0. The molecule has 1 N–H and O–H groups in total. The van der Waals surface area contributed by atoms with Gasteiger partial charge in [0.15, 0.2) is 16.8 Å². The van der Waals surface area contributed by atoms with E-state index in [1.807, 2.05) is 0 Å². The van der Waals surface area contributed by atoms with Gasteiger partial charge in [0.2, 0.25) is 5.89 Å². The van der Waals surface area contributed by atoms with Crippen molar-refractivity contribution in [3.05, 3.63) is 24.1 Å². The Balaban J connectivity index is 1.94. The Hall–Kier alpha value is -2.09. The molecular formula is C13H11F3N2O3. The number of carbonyl (C=O) groups excluding carboxylic acids is 1. The smallest absolute Gasteiger partial charge is 0.439 e. The summed E-state index contributed by atoms with van der Waals surface area (Å²) in [4.78, 5) is 15.1. The van der Waals surface area contributed by atoms with Gasteiger partial charge in [-0.1, -0.05) is 6.07 Å². The SMILES string of the molecule is O=C(Oc1cccc2oc([C@H]3CCCN3)nc12)C(F)(F)F. The molecule has 1 aromatic heterocycles. The van der Waals surface area contributed by atoms with Crippen LogP contribution in [0.5, 0.6) is 5.75 Å². The number of hydrogen-bond acceptors (Lipinski definition) is 5. The molecule has 0 spiro atoms. The summed E-state index contributed by atoms with van der Waals surface area (Å²) >= 11 is 0. The van der Waals surface area contributed by atoms with Crippen molar-refractivity contribution in [2.24, 2.45) is 0 Å². The Bertz CT molecular complexity index is 675. The molecular weight excluding hydrogens is 289 g/mol. The maximum Gasteiger partial charge on any atom is 0.491 e. The fourth-order valence-electron chi connectivity index (χ4n) is 2.22. The third kappa shape index (κ3) is 2.71. The van der Waals surface area contributed by atoms with Gasteiger partial charge in [0.25, 0.3) is 0 Å². The second kappa shape index (κ2) is 5.03. The lowest BCUT2D eigenvalue weighted by Crippen LogP contribution is -2.28. The Kier molecular flexibility index (Phi) is 3.32. The zero-order valence-electron chi connectivity index (χ0n) is 10.7. The van der Waals surface area contributed by atoms with Crippen LogP contribution >= 0.6 is 0 Å². The van der Waals surface area contributed by atoms with Crippen molar-refractivity contribution in [1.29, 1.82) is 0 Å². The number of aromatic nitrogens is 1. The molecule has 0 bridgehead atoms. The Morgan fingerprint density at radius 3 is 2.90 bits per heavy atom. The molecule has 0 amide bonds. The summed E-state index contributed by atoms with van der Waals surface area (Å²) in [5.74, 6) is -2.15. The van der Waals surface area contributed by atoms with Crippen molar-refractivity contribution < 1.29 is 27.1 Å². The highest BCUT2D eigenvalue weighted by atomic mass is 19.4. The highest BCUT2D eigenvalue weighted by Gasteiger charge is 2.41. The zero-order valence-corrected chi connectivity index (χ0v) is 10.7. The summed E-state index contributed by atoms with van der Waals surface area (Å²) in [5, 5.41) is 3.17. The molecule has 0 saturated carbocycles. The third-order valence-corrected chi connectivity index (χ3v) is 3.19. The summed E-state index contributed by atoms with van der Waals surface area (Å²) < 4.78 is 46.6. The number of nitrogens with zero attached hydrogens (tertiary/aromatic N) is 1. The number of hydrogen-bond donors (Lipinski definition) is 1. The lowest BCUT2D eigenvalue weighted by Gasteiger charge is -2.06. The molecule has 2 heterocycles. The molecule has 0 aliphatic carbocycles. The lowest BCUT2D eigenvalue weighted by molar-refractivity contribution is -0.189.